The number of halogens is 4. The maximum Gasteiger partial charge on any atom is 0.406 e. The van der Waals surface area contributed by atoms with Crippen LogP contribution in [0.15, 0.2) is 60.8 Å². The summed E-state index contributed by atoms with van der Waals surface area (Å²) in [5.74, 6) is -0.808. The first-order valence-electron chi connectivity index (χ1n) is 11.8. The van der Waals surface area contributed by atoms with E-state index in [1.807, 2.05) is 12.1 Å². The summed E-state index contributed by atoms with van der Waals surface area (Å²) in [6.07, 6.45) is -0.730. The summed E-state index contributed by atoms with van der Waals surface area (Å²) in [7, 11) is 0. The second-order valence-electron chi connectivity index (χ2n) is 8.88. The van der Waals surface area contributed by atoms with Crippen LogP contribution < -0.4 is 15.4 Å². The van der Waals surface area contributed by atoms with E-state index in [9.17, 15) is 22.8 Å². The molecule has 1 aliphatic carbocycles. The Morgan fingerprint density at radius 3 is 2.35 bits per heavy atom. The fourth-order valence-electron chi connectivity index (χ4n) is 3.84. The molecule has 0 aliphatic heterocycles. The van der Waals surface area contributed by atoms with E-state index >= 15 is 0 Å². The van der Waals surface area contributed by atoms with Gasteiger partial charge in [0.25, 0.3) is 0 Å². The zero-order valence-corrected chi connectivity index (χ0v) is 21.8. The molecule has 208 valence electrons. The number of alkyl halides is 3. The summed E-state index contributed by atoms with van der Waals surface area (Å²) < 4.78 is 78.8. The van der Waals surface area contributed by atoms with Crippen molar-refractivity contribution in [2.75, 3.05) is 23.4 Å². The molecule has 1 aromatic heterocycles. The highest BCUT2D eigenvalue weighted by Gasteiger charge is 2.33. The van der Waals surface area contributed by atoms with Gasteiger partial charge in [0, 0.05) is 17.4 Å². The number of anilines is 3. The second-order valence-corrected chi connectivity index (χ2v) is 9.68. The number of aromatic nitrogens is 2. The first kappa shape index (κ1) is 28.7. The lowest BCUT2D eigenvalue weighted by Crippen LogP contribution is -2.30. The normalized spacial score (nSPS) is 13.6. The van der Waals surface area contributed by atoms with Crippen LogP contribution in [0.1, 0.15) is 18.4 Å². The molecule has 8 nitrogen and oxygen atoms in total. The molecule has 0 saturated heterocycles. The van der Waals surface area contributed by atoms with Gasteiger partial charge in [-0.1, -0.05) is 29.3 Å². The van der Waals surface area contributed by atoms with Gasteiger partial charge in [0.05, 0.1) is 28.9 Å². The fraction of sp³-hybridized carbons (Fsp3) is 0.222. The molecule has 0 bridgehead atoms. The summed E-state index contributed by atoms with van der Waals surface area (Å²) in [6.45, 7) is -1.37. The maximum absolute atomic E-state index is 14.8. The number of ether oxygens (including phenoxy) is 1. The Labute approximate surface area is 229 Å². The largest absolute Gasteiger partial charge is 0.773 e. The number of fused-ring (bicyclic) bond motifs is 1. The Kier molecular flexibility index (Phi) is 8.51. The van der Waals surface area contributed by atoms with Crippen LogP contribution in [0.4, 0.5) is 34.8 Å². The van der Waals surface area contributed by atoms with Gasteiger partial charge in [-0.05, 0) is 60.6 Å². The quantitative estimate of drug-likeness (QED) is 0.233. The fourth-order valence-corrected chi connectivity index (χ4v) is 3.84. The summed E-state index contributed by atoms with van der Waals surface area (Å²) in [4.78, 5) is 9.37. The topological polar surface area (TPSA) is 128 Å². The summed E-state index contributed by atoms with van der Waals surface area (Å²) >= 11 is -1.86. The highest BCUT2D eigenvalue weighted by Crippen LogP contribution is 2.37. The van der Waals surface area contributed by atoms with Gasteiger partial charge in [0.15, 0.2) is 11.6 Å². The molecule has 40 heavy (non-hydrogen) atoms. The third-order valence-corrected chi connectivity index (χ3v) is 5.68. The highest BCUT2D eigenvalue weighted by atomic mass is 32.2. The monoisotopic (exact) mass is 572 g/mol. The van der Waals surface area contributed by atoms with Crippen LogP contribution >= 0.6 is 0 Å². The minimum Gasteiger partial charge on any atom is -0.773 e. The van der Waals surface area contributed by atoms with Gasteiger partial charge >= 0.3 is 6.18 Å². The molecule has 0 spiro atoms. The van der Waals surface area contributed by atoms with Crippen LogP contribution in [0, 0.1) is 17.1 Å². The molecule has 13 heteroatoms. The molecule has 1 atom stereocenters. The molecule has 1 unspecified atom stereocenters. The molecule has 3 aromatic carbocycles. The average Bonchev–Trinajstić information content (AvgIpc) is 3.71. The van der Waals surface area contributed by atoms with Crippen molar-refractivity contribution in [1.82, 2.24) is 9.97 Å². The van der Waals surface area contributed by atoms with Crippen molar-refractivity contribution in [2.45, 2.75) is 25.1 Å². The van der Waals surface area contributed by atoms with Crippen molar-refractivity contribution >= 4 is 39.3 Å². The Morgan fingerprint density at radius 2 is 1.75 bits per heavy atom. The number of hydrogen-bond donors (Lipinski definition) is 1. The lowest BCUT2D eigenvalue weighted by atomic mass is 10.0. The van der Waals surface area contributed by atoms with E-state index in [1.165, 1.54) is 24.4 Å². The molecule has 0 radical (unpaired) electrons. The minimum atomic E-state index is -4.58. The van der Waals surface area contributed by atoms with E-state index in [4.69, 9.17) is 19.2 Å². The number of rotatable bonds is 6. The number of nitrogen functional groups attached to an aromatic ring is 1. The van der Waals surface area contributed by atoms with Crippen molar-refractivity contribution in [2.24, 2.45) is 0 Å². The zero-order chi connectivity index (χ0) is 29.0. The van der Waals surface area contributed by atoms with Crippen LogP contribution in [0.25, 0.3) is 22.2 Å². The van der Waals surface area contributed by atoms with E-state index in [1.54, 1.807) is 24.3 Å². The lowest BCUT2D eigenvalue weighted by molar-refractivity contribution is -0.118. The second kappa shape index (κ2) is 11.8. The predicted octanol–water partition coefficient (Wildman–Crippen LogP) is 5.63. The summed E-state index contributed by atoms with van der Waals surface area (Å²) in [5, 5.41) is 9.48. The summed E-state index contributed by atoms with van der Waals surface area (Å²) in [6, 6.07) is 15.7. The van der Waals surface area contributed by atoms with Crippen molar-refractivity contribution in [3.8, 4) is 22.9 Å². The Morgan fingerprint density at radius 1 is 1.10 bits per heavy atom. The highest BCUT2D eigenvalue weighted by molar-refractivity contribution is 7.78. The molecule has 1 aliphatic rings. The Balaban J connectivity index is 0.000000867. The van der Waals surface area contributed by atoms with E-state index in [0.717, 1.165) is 41.2 Å². The number of nitrogens with two attached hydrogens (primary N) is 1. The Hall–Kier alpha value is -4.28. The van der Waals surface area contributed by atoms with Gasteiger partial charge in [-0.25, -0.2) is 9.37 Å². The first-order valence-corrected chi connectivity index (χ1v) is 13.3. The van der Waals surface area contributed by atoms with E-state index < -0.39 is 29.6 Å². The molecule has 2 N–H and O–H groups in total. The zero-order valence-electron chi connectivity index (χ0n) is 21.0. The molecule has 1 saturated carbocycles. The number of benzene rings is 3. The Bertz CT molecular complexity index is 1580. The van der Waals surface area contributed by atoms with Gasteiger partial charge in [-0.15, -0.1) is 0 Å². The van der Waals surface area contributed by atoms with E-state index in [0.29, 0.717) is 16.9 Å². The molecular formula is C27H22F4N5O3S-. The third kappa shape index (κ3) is 7.43. The van der Waals surface area contributed by atoms with Gasteiger partial charge < -0.3 is 19.9 Å². The van der Waals surface area contributed by atoms with Crippen LogP contribution in [0.5, 0.6) is 5.75 Å². The first-order chi connectivity index (χ1) is 18.9. The maximum atomic E-state index is 14.8. The standard InChI is InChI=1S/C26H19F4N5O.CH4O2S/c27-21-11-19(9-17(12-31)25(21)36-20-6-7-20)35(14-26(28,29)30)18-4-1-15(2-5-18)16-3-8-22-23(10-16)33-13-24(32)34-22;1-4(2)3/h1-5,8-11,13,20H,6-7,14H2,(H2,32,34);1H3,(H,2,3)/p-1. The molecule has 5 rings (SSSR count). The molecule has 1 fully saturated rings. The van der Waals surface area contributed by atoms with Gasteiger partial charge in [-0.2, -0.15) is 18.4 Å². The van der Waals surface area contributed by atoms with Crippen molar-refractivity contribution < 1.29 is 31.1 Å². The van der Waals surface area contributed by atoms with Crippen molar-refractivity contribution in [3.63, 3.8) is 0 Å². The summed E-state index contributed by atoms with van der Waals surface area (Å²) in [5.41, 5.74) is 8.36. The molecule has 4 aromatic rings. The van der Waals surface area contributed by atoms with Gasteiger partial charge in [-0.3, -0.25) is 9.19 Å². The number of nitriles is 1. The van der Waals surface area contributed by atoms with Crippen molar-refractivity contribution in [1.29, 1.82) is 5.26 Å². The van der Waals surface area contributed by atoms with E-state index in [2.05, 4.69) is 9.97 Å². The third-order valence-electron chi connectivity index (χ3n) is 5.68. The molecular weight excluding hydrogens is 550 g/mol. The van der Waals surface area contributed by atoms with Crippen LogP contribution in [0.2, 0.25) is 0 Å². The molecule has 0 amide bonds. The van der Waals surface area contributed by atoms with Gasteiger partial charge in [0.1, 0.15) is 18.4 Å². The smallest absolute Gasteiger partial charge is 0.406 e. The van der Waals surface area contributed by atoms with Crippen LogP contribution in [-0.4, -0.2) is 43.8 Å². The predicted molar refractivity (Wildman–Crippen MR) is 142 cm³/mol. The van der Waals surface area contributed by atoms with Crippen molar-refractivity contribution in [3.05, 3.63) is 72.2 Å². The van der Waals surface area contributed by atoms with E-state index in [-0.39, 0.29) is 28.8 Å². The minimum absolute atomic E-state index is 0.101. The van der Waals surface area contributed by atoms with Crippen LogP contribution in [-0.2, 0) is 11.1 Å². The van der Waals surface area contributed by atoms with Crippen LogP contribution in [0.3, 0.4) is 0 Å². The van der Waals surface area contributed by atoms with Gasteiger partial charge in [0.2, 0.25) is 0 Å². The number of nitrogens with zero attached hydrogens (tertiary/aromatic N) is 4. The molecule has 1 heterocycles. The SMILES string of the molecule is CS(=O)[O-].N#Cc1cc(N(CC(F)(F)F)c2ccc(-c3ccc4nc(N)cnc4c3)cc2)cc(F)c1OC1CC1. The average molecular weight is 573 g/mol. The lowest BCUT2D eigenvalue weighted by Gasteiger charge is -2.27. The number of hydrogen-bond acceptors (Lipinski definition) is 8.